The first-order chi connectivity index (χ1) is 9.60. The summed E-state index contributed by atoms with van der Waals surface area (Å²) in [6.45, 7) is 0.0929. The van der Waals surface area contributed by atoms with Gasteiger partial charge in [-0.15, -0.1) is 0 Å². The number of nitro groups is 1. The minimum absolute atomic E-state index is 0.0164. The number of hydrogen-bond acceptors (Lipinski definition) is 6. The zero-order chi connectivity index (χ0) is 14.5. The summed E-state index contributed by atoms with van der Waals surface area (Å²) in [5.41, 5.74) is 1.93. The summed E-state index contributed by atoms with van der Waals surface area (Å²) in [5, 5.41) is 10.5. The van der Waals surface area contributed by atoms with Crippen LogP contribution in [0.1, 0.15) is 16.3 Å². The Kier molecular flexibility index (Phi) is 3.96. The summed E-state index contributed by atoms with van der Waals surface area (Å²) >= 11 is 0. The molecule has 0 atom stereocenters. The van der Waals surface area contributed by atoms with E-state index in [1.165, 1.54) is 30.3 Å². The van der Waals surface area contributed by atoms with Crippen molar-refractivity contribution in [1.82, 2.24) is 5.43 Å². The standard InChI is InChI=1S/C12H11N3O5/c13-14-12(16)11-6-5-10(20-11)7-19-9-3-1-8(2-4-9)15(17)18/h1-6H,7,13H2,(H,14,16). The second-order valence-electron chi connectivity index (χ2n) is 3.78. The van der Waals surface area contributed by atoms with Gasteiger partial charge >= 0.3 is 5.91 Å². The third-order valence-corrected chi connectivity index (χ3v) is 2.45. The molecule has 0 fully saturated rings. The van der Waals surface area contributed by atoms with Gasteiger partial charge in [-0.05, 0) is 24.3 Å². The molecular formula is C12H11N3O5. The molecule has 0 aliphatic heterocycles. The van der Waals surface area contributed by atoms with E-state index in [1.54, 1.807) is 6.07 Å². The van der Waals surface area contributed by atoms with Gasteiger partial charge in [0.25, 0.3) is 5.69 Å². The summed E-state index contributed by atoms with van der Waals surface area (Å²) in [6.07, 6.45) is 0. The second-order valence-corrected chi connectivity index (χ2v) is 3.78. The third-order valence-electron chi connectivity index (χ3n) is 2.45. The number of nitrogens with two attached hydrogens (primary N) is 1. The van der Waals surface area contributed by atoms with Gasteiger partial charge < -0.3 is 9.15 Å². The Morgan fingerprint density at radius 2 is 2.00 bits per heavy atom. The molecule has 1 aromatic heterocycles. The topological polar surface area (TPSA) is 121 Å². The number of hydrogen-bond donors (Lipinski definition) is 2. The number of non-ortho nitro benzene ring substituents is 1. The van der Waals surface area contributed by atoms with Crippen LogP contribution in [0.25, 0.3) is 0 Å². The average Bonchev–Trinajstić information content (AvgIpc) is 2.93. The van der Waals surface area contributed by atoms with Crippen LogP contribution >= 0.6 is 0 Å². The normalized spacial score (nSPS) is 10.1. The number of amides is 1. The molecular weight excluding hydrogens is 266 g/mol. The maximum Gasteiger partial charge on any atom is 0.300 e. The second kappa shape index (κ2) is 5.85. The van der Waals surface area contributed by atoms with Crippen molar-refractivity contribution in [2.45, 2.75) is 6.61 Å². The lowest BCUT2D eigenvalue weighted by molar-refractivity contribution is -0.384. The molecule has 1 aromatic carbocycles. The molecule has 0 saturated heterocycles. The highest BCUT2D eigenvalue weighted by Gasteiger charge is 2.10. The van der Waals surface area contributed by atoms with Crippen LogP contribution in [0.5, 0.6) is 5.75 Å². The van der Waals surface area contributed by atoms with Crippen LogP contribution < -0.4 is 16.0 Å². The van der Waals surface area contributed by atoms with Gasteiger partial charge in [-0.2, -0.15) is 0 Å². The molecule has 20 heavy (non-hydrogen) atoms. The predicted molar refractivity (Wildman–Crippen MR) is 67.8 cm³/mol. The van der Waals surface area contributed by atoms with E-state index in [4.69, 9.17) is 15.0 Å². The third kappa shape index (κ3) is 3.12. The van der Waals surface area contributed by atoms with Gasteiger partial charge in [0.15, 0.2) is 5.76 Å². The zero-order valence-corrected chi connectivity index (χ0v) is 10.2. The highest BCUT2D eigenvalue weighted by atomic mass is 16.6. The lowest BCUT2D eigenvalue weighted by atomic mass is 10.3. The number of nitrogen functional groups attached to an aromatic ring is 1. The van der Waals surface area contributed by atoms with E-state index < -0.39 is 10.8 Å². The van der Waals surface area contributed by atoms with E-state index in [-0.39, 0.29) is 18.1 Å². The SMILES string of the molecule is NNC(=O)c1ccc(COc2ccc([N+](=O)[O-])cc2)o1. The van der Waals surface area contributed by atoms with Crippen molar-refractivity contribution in [2.75, 3.05) is 0 Å². The largest absolute Gasteiger partial charge is 0.486 e. The summed E-state index contributed by atoms with van der Waals surface area (Å²) < 4.78 is 10.6. The number of nitrogens with one attached hydrogen (secondary N) is 1. The van der Waals surface area contributed by atoms with Crippen LogP contribution in [0.4, 0.5) is 5.69 Å². The highest BCUT2D eigenvalue weighted by molar-refractivity contribution is 5.90. The number of furan rings is 1. The monoisotopic (exact) mass is 277 g/mol. The fourth-order valence-electron chi connectivity index (χ4n) is 1.47. The molecule has 0 aliphatic rings. The van der Waals surface area contributed by atoms with Gasteiger partial charge in [0, 0.05) is 12.1 Å². The van der Waals surface area contributed by atoms with Crippen molar-refractivity contribution in [1.29, 1.82) is 0 Å². The van der Waals surface area contributed by atoms with E-state index >= 15 is 0 Å². The van der Waals surface area contributed by atoms with Crippen molar-refractivity contribution in [2.24, 2.45) is 5.84 Å². The van der Waals surface area contributed by atoms with Crippen LogP contribution in [0.2, 0.25) is 0 Å². The van der Waals surface area contributed by atoms with Gasteiger partial charge in [-0.1, -0.05) is 0 Å². The highest BCUT2D eigenvalue weighted by Crippen LogP contribution is 2.19. The lowest BCUT2D eigenvalue weighted by Gasteiger charge is -2.03. The first kappa shape index (κ1) is 13.6. The molecule has 104 valence electrons. The number of benzene rings is 1. The Labute approximate surface area is 113 Å². The Morgan fingerprint density at radius 3 is 2.60 bits per heavy atom. The van der Waals surface area contributed by atoms with E-state index in [2.05, 4.69) is 0 Å². The molecule has 0 aliphatic carbocycles. The number of carbonyl (C=O) groups excluding carboxylic acids is 1. The van der Waals surface area contributed by atoms with Crippen LogP contribution in [-0.2, 0) is 6.61 Å². The van der Waals surface area contributed by atoms with Crippen molar-refractivity contribution in [3.8, 4) is 5.75 Å². The van der Waals surface area contributed by atoms with Crippen molar-refractivity contribution < 1.29 is 18.9 Å². The first-order valence-corrected chi connectivity index (χ1v) is 5.57. The van der Waals surface area contributed by atoms with Crippen molar-refractivity contribution in [3.05, 3.63) is 58.0 Å². The van der Waals surface area contributed by atoms with Gasteiger partial charge in [0.2, 0.25) is 0 Å². The van der Waals surface area contributed by atoms with E-state index in [0.717, 1.165) is 0 Å². The molecule has 2 rings (SSSR count). The molecule has 0 spiro atoms. The molecule has 3 N–H and O–H groups in total. The van der Waals surface area contributed by atoms with E-state index in [1.807, 2.05) is 5.43 Å². The maximum atomic E-state index is 11.2. The van der Waals surface area contributed by atoms with Crippen LogP contribution in [0.15, 0.2) is 40.8 Å². The maximum absolute atomic E-state index is 11.2. The fourth-order valence-corrected chi connectivity index (χ4v) is 1.47. The average molecular weight is 277 g/mol. The minimum atomic E-state index is -0.536. The molecule has 8 nitrogen and oxygen atoms in total. The summed E-state index contributed by atoms with van der Waals surface area (Å²) in [7, 11) is 0. The lowest BCUT2D eigenvalue weighted by Crippen LogP contribution is -2.29. The number of ether oxygens (including phenoxy) is 1. The summed E-state index contributed by atoms with van der Waals surface area (Å²) in [5.74, 6) is 5.40. The Bertz CT molecular complexity index is 620. The Hall–Kier alpha value is -2.87. The van der Waals surface area contributed by atoms with Crippen LogP contribution in [-0.4, -0.2) is 10.8 Å². The predicted octanol–water partition coefficient (Wildman–Crippen LogP) is 1.37. The number of carbonyl (C=O) groups is 1. The molecule has 1 amide bonds. The van der Waals surface area contributed by atoms with Gasteiger partial charge in [0.1, 0.15) is 18.1 Å². The summed E-state index contributed by atoms with van der Waals surface area (Å²) in [6, 6.07) is 8.69. The quantitative estimate of drug-likeness (QED) is 0.368. The number of rotatable bonds is 5. The van der Waals surface area contributed by atoms with Crippen molar-refractivity contribution in [3.63, 3.8) is 0 Å². The molecule has 1 heterocycles. The minimum Gasteiger partial charge on any atom is -0.486 e. The number of nitrogens with zero attached hydrogens (tertiary/aromatic N) is 1. The Morgan fingerprint density at radius 1 is 1.30 bits per heavy atom. The molecule has 0 saturated carbocycles. The van der Waals surface area contributed by atoms with E-state index in [0.29, 0.717) is 11.5 Å². The Balaban J connectivity index is 1.96. The molecule has 8 heteroatoms. The van der Waals surface area contributed by atoms with Gasteiger partial charge in [-0.25, -0.2) is 5.84 Å². The molecule has 0 radical (unpaired) electrons. The zero-order valence-electron chi connectivity index (χ0n) is 10.2. The number of hydrazine groups is 1. The fraction of sp³-hybridized carbons (Fsp3) is 0.0833. The number of nitro benzene ring substituents is 1. The van der Waals surface area contributed by atoms with E-state index in [9.17, 15) is 14.9 Å². The molecule has 0 unspecified atom stereocenters. The van der Waals surface area contributed by atoms with Gasteiger partial charge in [0.05, 0.1) is 4.92 Å². The van der Waals surface area contributed by atoms with Gasteiger partial charge in [-0.3, -0.25) is 20.3 Å². The smallest absolute Gasteiger partial charge is 0.300 e. The molecule has 0 bridgehead atoms. The first-order valence-electron chi connectivity index (χ1n) is 5.57. The van der Waals surface area contributed by atoms with Crippen LogP contribution in [0.3, 0.4) is 0 Å². The van der Waals surface area contributed by atoms with Crippen LogP contribution in [0, 0.1) is 10.1 Å². The van der Waals surface area contributed by atoms with Crippen molar-refractivity contribution >= 4 is 11.6 Å². The summed E-state index contributed by atoms with van der Waals surface area (Å²) in [4.78, 5) is 21.2. The molecule has 2 aromatic rings.